The van der Waals surface area contributed by atoms with E-state index in [0.717, 1.165) is 80.7 Å². The molecule has 2 fully saturated rings. The van der Waals surface area contributed by atoms with E-state index in [2.05, 4.69) is 21.4 Å². The second-order valence-corrected chi connectivity index (χ2v) is 18.6. The molecule has 4 amide bonds. The lowest BCUT2D eigenvalue weighted by molar-refractivity contribution is -0.138. The van der Waals surface area contributed by atoms with Gasteiger partial charge in [-0.1, -0.05) is 12.1 Å². The van der Waals surface area contributed by atoms with Crippen LogP contribution in [0.1, 0.15) is 110 Å². The summed E-state index contributed by atoms with van der Waals surface area (Å²) in [5.41, 5.74) is 2.62. The molecule has 2 aromatic heterocycles. The first-order chi connectivity index (χ1) is 27.4. The van der Waals surface area contributed by atoms with Crippen molar-refractivity contribution in [2.24, 2.45) is 23.7 Å². The Morgan fingerprint density at radius 3 is 1.84 bits per heavy atom. The number of ether oxygens (including phenoxy) is 2. The van der Waals surface area contributed by atoms with E-state index < -0.39 is 11.2 Å². The highest BCUT2D eigenvalue weighted by Gasteiger charge is 2.33. The first-order valence-electron chi connectivity index (χ1n) is 21.1. The Hall–Kier alpha value is -4.74. The van der Waals surface area contributed by atoms with E-state index in [1.54, 1.807) is 36.3 Å². The summed E-state index contributed by atoms with van der Waals surface area (Å²) in [6, 6.07) is 10.2. The number of nitrogens with zero attached hydrogens (tertiary/aromatic N) is 5. The maximum Gasteiger partial charge on any atom is 0.410 e. The van der Waals surface area contributed by atoms with Crippen LogP contribution in [0.5, 0.6) is 0 Å². The molecular weight excluding hydrogens is 733 g/mol. The van der Waals surface area contributed by atoms with Crippen molar-refractivity contribution in [1.82, 2.24) is 30.0 Å². The van der Waals surface area contributed by atoms with Crippen molar-refractivity contribution in [1.29, 1.82) is 0 Å². The molecule has 0 radical (unpaired) electrons. The van der Waals surface area contributed by atoms with Gasteiger partial charge in [-0.3, -0.25) is 19.6 Å². The normalized spacial score (nSPS) is 20.8. The molecule has 0 atom stereocenters. The van der Waals surface area contributed by atoms with E-state index in [9.17, 15) is 19.2 Å². The van der Waals surface area contributed by atoms with Gasteiger partial charge in [0, 0.05) is 88.8 Å². The summed E-state index contributed by atoms with van der Waals surface area (Å²) in [5, 5.41) is 5.32. The number of carbonyl (C=O) groups excluding carboxylic acids is 4. The van der Waals surface area contributed by atoms with Gasteiger partial charge in [0.25, 0.3) is 0 Å². The molecule has 0 bridgehead atoms. The first kappa shape index (κ1) is 44.4. The molecule has 316 valence electrons. The molecule has 58 heavy (non-hydrogen) atoms. The lowest BCUT2D eigenvalue weighted by Crippen LogP contribution is -2.42. The summed E-state index contributed by atoms with van der Waals surface area (Å²) in [6.07, 6.45) is 15.1. The summed E-state index contributed by atoms with van der Waals surface area (Å²) in [7, 11) is 3.58. The van der Waals surface area contributed by atoms with Gasteiger partial charge < -0.3 is 29.5 Å². The van der Waals surface area contributed by atoms with Crippen molar-refractivity contribution in [3.63, 3.8) is 0 Å². The van der Waals surface area contributed by atoms with Crippen molar-refractivity contribution < 1.29 is 28.7 Å². The van der Waals surface area contributed by atoms with E-state index in [1.165, 1.54) is 11.1 Å². The quantitative estimate of drug-likeness (QED) is 0.241. The topological polar surface area (TPSA) is 134 Å². The Balaban J connectivity index is 0.000000221. The molecule has 1 aromatic carbocycles. The van der Waals surface area contributed by atoms with Gasteiger partial charge in [0.2, 0.25) is 11.8 Å². The number of carbonyl (C=O) groups is 4. The van der Waals surface area contributed by atoms with Crippen LogP contribution < -0.4 is 5.32 Å². The predicted molar refractivity (Wildman–Crippen MR) is 226 cm³/mol. The summed E-state index contributed by atoms with van der Waals surface area (Å²) in [6.45, 7) is 14.7. The second kappa shape index (κ2) is 19.8. The summed E-state index contributed by atoms with van der Waals surface area (Å²) < 4.78 is 10.9. The molecule has 1 N–H and O–H groups in total. The molecule has 0 unspecified atom stereocenters. The van der Waals surface area contributed by atoms with Crippen LogP contribution >= 0.6 is 0 Å². The van der Waals surface area contributed by atoms with Crippen LogP contribution in [0, 0.1) is 23.7 Å². The number of hydrogen-bond acceptors (Lipinski definition) is 8. The minimum absolute atomic E-state index is 0.0535. The number of amides is 4. The highest BCUT2D eigenvalue weighted by Crippen LogP contribution is 2.33. The average Bonchev–Trinajstić information content (AvgIpc) is 3.19. The Labute approximate surface area is 345 Å². The van der Waals surface area contributed by atoms with Gasteiger partial charge in [-0.25, -0.2) is 9.59 Å². The number of hydrogen-bond donors (Lipinski definition) is 1. The van der Waals surface area contributed by atoms with E-state index in [1.807, 2.05) is 83.1 Å². The third-order valence-corrected chi connectivity index (χ3v) is 11.4. The lowest BCUT2D eigenvalue weighted by atomic mass is 9.81. The van der Waals surface area contributed by atoms with Crippen molar-refractivity contribution in [3.05, 3.63) is 71.8 Å². The maximum absolute atomic E-state index is 13.0. The molecular formula is C46H66N6O6. The largest absolute Gasteiger partial charge is 0.444 e. The number of pyridine rings is 2. The third-order valence-electron chi connectivity index (χ3n) is 11.4. The standard InChI is InChI=1S/C24H33N3O3.C22H33N3O3/c1-24(2,3)30-23(29)27(4)16-17-5-8-19(9-6-17)22(28)26-14-18-7-10-21-15-25-12-11-20(21)13-18;1-22(2,3)28-21(27)24(4)14-16-5-7-17(8-6-16)20(26)25-12-10-18-13-23-11-9-19(18)15-25/h7,10-13,15,17,19H,5-6,8-9,14,16H2,1-4H3,(H,26,28);9,11,13,16-17H,5-8,10,12,14-15H2,1-4H3. The third kappa shape index (κ3) is 13.4. The smallest absolute Gasteiger partial charge is 0.410 e. The second-order valence-electron chi connectivity index (χ2n) is 18.6. The van der Waals surface area contributed by atoms with Crippen LogP contribution in [0.3, 0.4) is 0 Å². The van der Waals surface area contributed by atoms with Crippen molar-refractivity contribution in [2.75, 3.05) is 33.7 Å². The van der Waals surface area contributed by atoms with Gasteiger partial charge in [-0.15, -0.1) is 0 Å². The van der Waals surface area contributed by atoms with E-state index in [4.69, 9.17) is 9.47 Å². The molecule has 6 rings (SSSR count). The van der Waals surface area contributed by atoms with Crippen LogP contribution in [0.15, 0.2) is 55.1 Å². The molecule has 3 aliphatic rings. The van der Waals surface area contributed by atoms with Crippen molar-refractivity contribution in [2.45, 2.75) is 124 Å². The molecule has 12 heteroatoms. The number of fused-ring (bicyclic) bond motifs is 2. The molecule has 2 saturated carbocycles. The summed E-state index contributed by atoms with van der Waals surface area (Å²) in [5.74, 6) is 1.45. The van der Waals surface area contributed by atoms with E-state index in [-0.39, 0.29) is 29.9 Å². The highest BCUT2D eigenvalue weighted by molar-refractivity contribution is 5.83. The molecule has 0 saturated heterocycles. The Morgan fingerprint density at radius 2 is 1.26 bits per heavy atom. The molecule has 2 aliphatic carbocycles. The average molecular weight is 799 g/mol. The number of nitrogens with one attached hydrogen (secondary N) is 1. The van der Waals surface area contributed by atoms with Gasteiger partial charge in [0.15, 0.2) is 0 Å². The highest BCUT2D eigenvalue weighted by atomic mass is 16.6. The molecule has 3 aromatic rings. The molecule has 3 heterocycles. The number of aromatic nitrogens is 2. The minimum Gasteiger partial charge on any atom is -0.444 e. The van der Waals surface area contributed by atoms with Crippen molar-refractivity contribution >= 4 is 34.8 Å². The number of benzene rings is 1. The lowest BCUT2D eigenvalue weighted by Gasteiger charge is -2.35. The SMILES string of the molecule is CN(CC1CCC(C(=O)N2CCc3cnccc3C2)CC1)C(=O)OC(C)(C)C.CN(CC1CCC(C(=O)NCc2ccc3cnccc3c2)CC1)C(=O)OC(C)(C)C. The minimum atomic E-state index is -0.483. The molecule has 1 aliphatic heterocycles. The van der Waals surface area contributed by atoms with Crippen LogP contribution in [-0.2, 0) is 38.6 Å². The van der Waals surface area contributed by atoms with Gasteiger partial charge in [0.05, 0.1) is 0 Å². The zero-order valence-electron chi connectivity index (χ0n) is 36.1. The monoisotopic (exact) mass is 799 g/mol. The van der Waals surface area contributed by atoms with Crippen LogP contribution in [0.2, 0.25) is 0 Å². The maximum atomic E-state index is 13.0. The van der Waals surface area contributed by atoms with Gasteiger partial charge in [-0.2, -0.15) is 0 Å². The van der Waals surface area contributed by atoms with Gasteiger partial charge >= 0.3 is 12.2 Å². The summed E-state index contributed by atoms with van der Waals surface area (Å²) >= 11 is 0. The van der Waals surface area contributed by atoms with E-state index in [0.29, 0.717) is 43.9 Å². The van der Waals surface area contributed by atoms with E-state index >= 15 is 0 Å². The Morgan fingerprint density at radius 1 is 0.707 bits per heavy atom. The first-order valence-corrected chi connectivity index (χ1v) is 21.1. The predicted octanol–water partition coefficient (Wildman–Crippen LogP) is 8.16. The van der Waals surface area contributed by atoms with Gasteiger partial charge in [0.1, 0.15) is 11.2 Å². The summed E-state index contributed by atoms with van der Waals surface area (Å²) in [4.78, 5) is 63.6. The molecule has 12 nitrogen and oxygen atoms in total. The Kier molecular flexibility index (Phi) is 15.2. The Bertz CT molecular complexity index is 1850. The van der Waals surface area contributed by atoms with Crippen LogP contribution in [0.4, 0.5) is 9.59 Å². The fourth-order valence-corrected chi connectivity index (χ4v) is 8.20. The zero-order chi connectivity index (χ0) is 42.0. The van der Waals surface area contributed by atoms with Crippen LogP contribution in [-0.4, -0.2) is 93.6 Å². The van der Waals surface area contributed by atoms with Gasteiger partial charge in [-0.05, 0) is 151 Å². The van der Waals surface area contributed by atoms with Crippen molar-refractivity contribution in [3.8, 4) is 0 Å². The number of rotatable bonds is 8. The molecule has 0 spiro atoms. The fourth-order valence-electron chi connectivity index (χ4n) is 8.20. The fraction of sp³-hybridized carbons (Fsp3) is 0.609. The zero-order valence-corrected chi connectivity index (χ0v) is 36.1. The van der Waals surface area contributed by atoms with Crippen LogP contribution in [0.25, 0.3) is 10.8 Å².